The van der Waals surface area contributed by atoms with Crippen LogP contribution in [0.1, 0.15) is 41.0 Å². The van der Waals surface area contributed by atoms with E-state index in [1.54, 1.807) is 4.90 Å². The molecule has 1 amide bonds. The Balaban J connectivity index is 2.45. The van der Waals surface area contributed by atoms with Crippen LogP contribution in [-0.2, 0) is 4.74 Å². The van der Waals surface area contributed by atoms with E-state index in [4.69, 9.17) is 10.5 Å². The fourth-order valence-corrected chi connectivity index (χ4v) is 2.64. The lowest BCUT2D eigenvalue weighted by Gasteiger charge is -2.40. The second-order valence-corrected chi connectivity index (χ2v) is 6.65. The van der Waals surface area contributed by atoms with Crippen LogP contribution >= 0.6 is 0 Å². The van der Waals surface area contributed by atoms with Crippen LogP contribution in [0.2, 0.25) is 0 Å². The van der Waals surface area contributed by atoms with Crippen LogP contribution in [0.5, 0.6) is 0 Å². The Morgan fingerprint density at radius 1 is 1.25 bits per heavy atom. The van der Waals surface area contributed by atoms with E-state index in [2.05, 4.69) is 18.7 Å². The molecule has 0 aromatic heterocycles. The molecule has 0 aromatic carbocycles. The van der Waals surface area contributed by atoms with Crippen LogP contribution in [0, 0.1) is 5.92 Å². The lowest BCUT2D eigenvalue weighted by Crippen LogP contribution is -2.54. The van der Waals surface area contributed by atoms with E-state index in [1.807, 2.05) is 20.8 Å². The van der Waals surface area contributed by atoms with Gasteiger partial charge in [0.25, 0.3) is 0 Å². The van der Waals surface area contributed by atoms with E-state index in [-0.39, 0.29) is 6.09 Å². The minimum atomic E-state index is -0.422. The van der Waals surface area contributed by atoms with Gasteiger partial charge in [-0.15, -0.1) is 0 Å². The lowest BCUT2D eigenvalue weighted by atomic mass is 9.96. The molecule has 2 unspecified atom stereocenters. The molecule has 0 radical (unpaired) electrons. The number of ether oxygens (including phenoxy) is 1. The van der Waals surface area contributed by atoms with E-state index in [0.29, 0.717) is 12.0 Å². The highest BCUT2D eigenvalue weighted by atomic mass is 16.6. The molecular weight excluding hydrogens is 254 g/mol. The van der Waals surface area contributed by atoms with Gasteiger partial charge in [-0.2, -0.15) is 0 Å². The Morgan fingerprint density at radius 3 is 2.20 bits per heavy atom. The Hall–Kier alpha value is -0.810. The number of carbonyl (C=O) groups excluding carboxylic acids is 1. The predicted octanol–water partition coefficient (Wildman–Crippen LogP) is 1.91. The van der Waals surface area contributed by atoms with Crippen molar-refractivity contribution in [3.8, 4) is 0 Å². The highest BCUT2D eigenvalue weighted by Gasteiger charge is 2.29. The summed E-state index contributed by atoms with van der Waals surface area (Å²) in [5.74, 6) is 0.531. The maximum Gasteiger partial charge on any atom is 0.410 e. The number of carbonyl (C=O) groups is 1. The summed E-state index contributed by atoms with van der Waals surface area (Å²) in [6.07, 6.45) is 0.903. The monoisotopic (exact) mass is 285 g/mol. The zero-order valence-corrected chi connectivity index (χ0v) is 13.7. The molecule has 0 bridgehead atoms. The van der Waals surface area contributed by atoms with Crippen LogP contribution in [0.4, 0.5) is 4.79 Å². The molecule has 1 rings (SSSR count). The van der Waals surface area contributed by atoms with Gasteiger partial charge in [0.05, 0.1) is 0 Å². The van der Waals surface area contributed by atoms with Gasteiger partial charge in [-0.3, -0.25) is 4.90 Å². The van der Waals surface area contributed by atoms with Crippen molar-refractivity contribution in [3.63, 3.8) is 0 Å². The second kappa shape index (κ2) is 7.27. The summed E-state index contributed by atoms with van der Waals surface area (Å²) in [4.78, 5) is 16.2. The molecule has 2 atom stereocenters. The van der Waals surface area contributed by atoms with Gasteiger partial charge in [0.15, 0.2) is 0 Å². The quantitative estimate of drug-likeness (QED) is 0.857. The highest BCUT2D eigenvalue weighted by molar-refractivity contribution is 5.68. The molecule has 1 fully saturated rings. The van der Waals surface area contributed by atoms with Crippen LogP contribution in [-0.4, -0.2) is 60.3 Å². The van der Waals surface area contributed by atoms with Crippen molar-refractivity contribution in [2.45, 2.75) is 52.7 Å². The van der Waals surface area contributed by atoms with E-state index < -0.39 is 5.60 Å². The van der Waals surface area contributed by atoms with E-state index in [0.717, 1.165) is 39.1 Å². The molecule has 0 aromatic rings. The fourth-order valence-electron chi connectivity index (χ4n) is 2.64. The van der Waals surface area contributed by atoms with Gasteiger partial charge in [0.2, 0.25) is 0 Å². The first-order valence-electron chi connectivity index (χ1n) is 7.70. The number of piperazine rings is 1. The normalized spacial score (nSPS) is 20.6. The predicted molar refractivity (Wildman–Crippen MR) is 81.7 cm³/mol. The third-order valence-electron chi connectivity index (χ3n) is 4.05. The minimum Gasteiger partial charge on any atom is -0.444 e. The highest BCUT2D eigenvalue weighted by Crippen LogP contribution is 2.17. The van der Waals surface area contributed by atoms with Crippen molar-refractivity contribution in [1.29, 1.82) is 0 Å². The Labute approximate surface area is 123 Å². The number of rotatable bonds is 4. The van der Waals surface area contributed by atoms with Crippen molar-refractivity contribution in [2.75, 3.05) is 32.7 Å². The molecule has 5 nitrogen and oxygen atoms in total. The Morgan fingerprint density at radius 2 is 1.80 bits per heavy atom. The average molecular weight is 285 g/mol. The standard InChI is InChI=1S/C15H31N3O2/c1-6-13(11-16)12(2)17-7-9-18(10-8-17)14(19)20-15(3,4)5/h12-13H,6-11,16H2,1-5H3. The van der Waals surface area contributed by atoms with Crippen LogP contribution < -0.4 is 5.73 Å². The Kier molecular flexibility index (Phi) is 6.27. The number of nitrogens with zero attached hydrogens (tertiary/aromatic N) is 2. The summed E-state index contributed by atoms with van der Waals surface area (Å²) in [6.45, 7) is 14.1. The van der Waals surface area contributed by atoms with Gasteiger partial charge in [0.1, 0.15) is 5.60 Å². The molecule has 0 saturated carbocycles. The Bertz CT molecular complexity index is 303. The van der Waals surface area contributed by atoms with Crippen molar-refractivity contribution in [3.05, 3.63) is 0 Å². The van der Waals surface area contributed by atoms with Gasteiger partial charge in [-0.05, 0) is 40.2 Å². The SMILES string of the molecule is CCC(CN)C(C)N1CCN(C(=O)OC(C)(C)C)CC1. The van der Waals surface area contributed by atoms with Crippen molar-refractivity contribution >= 4 is 6.09 Å². The minimum absolute atomic E-state index is 0.198. The van der Waals surface area contributed by atoms with Gasteiger partial charge in [-0.25, -0.2) is 4.79 Å². The molecule has 118 valence electrons. The first kappa shape index (κ1) is 17.2. The summed E-state index contributed by atoms with van der Waals surface area (Å²) in [6, 6.07) is 0.478. The van der Waals surface area contributed by atoms with Crippen molar-refractivity contribution < 1.29 is 9.53 Å². The third kappa shape index (κ3) is 4.94. The summed E-state index contributed by atoms with van der Waals surface area (Å²) in [5.41, 5.74) is 5.40. The molecule has 1 saturated heterocycles. The van der Waals surface area contributed by atoms with E-state index in [9.17, 15) is 4.79 Å². The zero-order chi connectivity index (χ0) is 15.3. The molecule has 1 aliphatic rings. The summed E-state index contributed by atoms with van der Waals surface area (Å²) >= 11 is 0. The number of hydrogen-bond donors (Lipinski definition) is 1. The average Bonchev–Trinajstić information content (AvgIpc) is 2.38. The zero-order valence-electron chi connectivity index (χ0n) is 13.7. The number of nitrogens with two attached hydrogens (primary N) is 1. The molecule has 0 spiro atoms. The molecule has 2 N–H and O–H groups in total. The van der Waals surface area contributed by atoms with E-state index in [1.165, 1.54) is 0 Å². The van der Waals surface area contributed by atoms with Gasteiger partial charge >= 0.3 is 6.09 Å². The first-order chi connectivity index (χ1) is 9.28. The summed E-state index contributed by atoms with van der Waals surface area (Å²) in [5, 5.41) is 0. The first-order valence-corrected chi connectivity index (χ1v) is 7.70. The van der Waals surface area contributed by atoms with Gasteiger partial charge in [0, 0.05) is 32.2 Å². The molecule has 1 aliphatic heterocycles. The molecular formula is C15H31N3O2. The molecule has 0 aliphatic carbocycles. The van der Waals surface area contributed by atoms with Crippen molar-refractivity contribution in [2.24, 2.45) is 11.7 Å². The molecule has 20 heavy (non-hydrogen) atoms. The smallest absolute Gasteiger partial charge is 0.410 e. The maximum absolute atomic E-state index is 12.0. The van der Waals surface area contributed by atoms with E-state index >= 15 is 0 Å². The molecule has 1 heterocycles. The van der Waals surface area contributed by atoms with Crippen molar-refractivity contribution in [1.82, 2.24) is 9.80 Å². The largest absolute Gasteiger partial charge is 0.444 e. The topological polar surface area (TPSA) is 58.8 Å². The fraction of sp³-hybridized carbons (Fsp3) is 0.933. The van der Waals surface area contributed by atoms with Crippen LogP contribution in [0.25, 0.3) is 0 Å². The molecule has 5 heteroatoms. The van der Waals surface area contributed by atoms with Crippen LogP contribution in [0.15, 0.2) is 0 Å². The van der Waals surface area contributed by atoms with Crippen LogP contribution in [0.3, 0.4) is 0 Å². The third-order valence-corrected chi connectivity index (χ3v) is 4.05. The lowest BCUT2D eigenvalue weighted by molar-refractivity contribution is 0.00799. The maximum atomic E-state index is 12.0. The summed E-state index contributed by atoms with van der Waals surface area (Å²) < 4.78 is 5.41. The van der Waals surface area contributed by atoms with Gasteiger partial charge < -0.3 is 15.4 Å². The second-order valence-electron chi connectivity index (χ2n) is 6.65. The van der Waals surface area contributed by atoms with Gasteiger partial charge in [-0.1, -0.05) is 13.3 Å². The number of hydrogen-bond acceptors (Lipinski definition) is 4. The summed E-state index contributed by atoms with van der Waals surface area (Å²) in [7, 11) is 0. The number of amides is 1.